The Balaban J connectivity index is 2.31. The van der Waals surface area contributed by atoms with Crippen LogP contribution in [0.5, 0.6) is 0 Å². The third-order valence-electron chi connectivity index (χ3n) is 3.61. The zero-order chi connectivity index (χ0) is 14.3. The summed E-state index contributed by atoms with van der Waals surface area (Å²) in [4.78, 5) is 27.3. The van der Waals surface area contributed by atoms with Crippen LogP contribution in [-0.4, -0.2) is 23.3 Å². The summed E-state index contributed by atoms with van der Waals surface area (Å²) in [6.07, 6.45) is 1.84. The lowest BCUT2D eigenvalue weighted by atomic mass is 10.0. The number of aromatic amines is 1. The topological polar surface area (TPSA) is 59.2 Å². The number of halogens is 1. The van der Waals surface area contributed by atoms with Crippen molar-refractivity contribution in [1.29, 1.82) is 0 Å². The highest BCUT2D eigenvalue weighted by molar-refractivity contribution is 6.36. The Kier molecular flexibility index (Phi) is 3.26. The van der Waals surface area contributed by atoms with Crippen molar-refractivity contribution in [3.8, 4) is 0 Å². The van der Waals surface area contributed by atoms with Crippen LogP contribution in [0.1, 0.15) is 46.2 Å². The number of ether oxygens (including phenoxy) is 1. The van der Waals surface area contributed by atoms with Gasteiger partial charge >= 0.3 is 5.97 Å². The van der Waals surface area contributed by atoms with Gasteiger partial charge in [-0.3, -0.25) is 4.79 Å². The van der Waals surface area contributed by atoms with Crippen LogP contribution in [0.3, 0.4) is 0 Å². The van der Waals surface area contributed by atoms with Crippen molar-refractivity contribution in [2.24, 2.45) is 0 Å². The molecule has 1 N–H and O–H groups in total. The minimum Gasteiger partial charge on any atom is -0.461 e. The first-order valence-electron chi connectivity index (χ1n) is 6.66. The van der Waals surface area contributed by atoms with E-state index in [2.05, 4.69) is 4.98 Å². The molecular formula is C15H14ClNO3. The van der Waals surface area contributed by atoms with Crippen molar-refractivity contribution in [2.45, 2.75) is 26.2 Å². The molecule has 1 aliphatic rings. The minimum absolute atomic E-state index is 0.0359. The van der Waals surface area contributed by atoms with E-state index in [1.54, 1.807) is 19.1 Å². The maximum Gasteiger partial charge on any atom is 0.355 e. The molecule has 4 nitrogen and oxygen atoms in total. The van der Waals surface area contributed by atoms with Gasteiger partial charge in [-0.1, -0.05) is 11.6 Å². The van der Waals surface area contributed by atoms with E-state index < -0.39 is 0 Å². The number of nitrogens with one attached hydrogen (secondary N) is 1. The van der Waals surface area contributed by atoms with E-state index in [1.165, 1.54) is 0 Å². The van der Waals surface area contributed by atoms with Gasteiger partial charge in [-0.05, 0) is 37.5 Å². The molecule has 0 saturated heterocycles. The van der Waals surface area contributed by atoms with Crippen molar-refractivity contribution >= 4 is 34.3 Å². The highest BCUT2D eigenvalue weighted by atomic mass is 35.5. The fraction of sp³-hybridized carbons (Fsp3) is 0.333. The van der Waals surface area contributed by atoms with E-state index in [0.717, 1.165) is 16.5 Å². The number of benzene rings is 1. The third kappa shape index (κ3) is 1.91. The van der Waals surface area contributed by atoms with Crippen LogP contribution >= 0.6 is 11.6 Å². The second-order valence-corrected chi connectivity index (χ2v) is 5.23. The molecule has 0 amide bonds. The molecule has 20 heavy (non-hydrogen) atoms. The molecule has 0 bridgehead atoms. The number of ketones is 1. The zero-order valence-electron chi connectivity index (χ0n) is 11.1. The van der Waals surface area contributed by atoms with Crippen molar-refractivity contribution in [2.75, 3.05) is 6.61 Å². The van der Waals surface area contributed by atoms with Crippen LogP contribution in [0.15, 0.2) is 12.1 Å². The molecule has 1 heterocycles. The number of esters is 1. The van der Waals surface area contributed by atoms with E-state index >= 15 is 0 Å². The molecule has 1 aromatic carbocycles. The number of carbonyl (C=O) groups excluding carboxylic acids is 2. The molecule has 5 heteroatoms. The summed E-state index contributed by atoms with van der Waals surface area (Å²) < 4.78 is 5.07. The number of hydrogen-bond acceptors (Lipinski definition) is 3. The van der Waals surface area contributed by atoms with Gasteiger partial charge in [0, 0.05) is 22.9 Å². The van der Waals surface area contributed by atoms with Crippen LogP contribution in [0, 0.1) is 0 Å². The molecule has 0 spiro atoms. The fourth-order valence-electron chi connectivity index (χ4n) is 2.78. The first kappa shape index (κ1) is 13.2. The summed E-state index contributed by atoms with van der Waals surface area (Å²) in [7, 11) is 0. The first-order valence-corrected chi connectivity index (χ1v) is 7.04. The second kappa shape index (κ2) is 4.94. The number of Topliss-reactive ketones (excluding diaryl/α,β-unsaturated/α-hetero) is 1. The monoisotopic (exact) mass is 291 g/mol. The molecule has 1 aliphatic carbocycles. The maximum atomic E-state index is 12.2. The summed E-state index contributed by atoms with van der Waals surface area (Å²) in [6.45, 7) is 2.09. The zero-order valence-corrected chi connectivity index (χ0v) is 11.8. The molecular weight excluding hydrogens is 278 g/mol. The van der Waals surface area contributed by atoms with E-state index in [0.29, 0.717) is 42.1 Å². The Morgan fingerprint density at radius 2 is 2.20 bits per heavy atom. The predicted molar refractivity (Wildman–Crippen MR) is 76.5 cm³/mol. The number of aromatic nitrogens is 1. The van der Waals surface area contributed by atoms with E-state index in [-0.39, 0.29) is 11.8 Å². The van der Waals surface area contributed by atoms with Crippen molar-refractivity contribution in [3.05, 3.63) is 34.0 Å². The normalized spacial score (nSPS) is 14.4. The average Bonchev–Trinajstić information content (AvgIpc) is 2.68. The average molecular weight is 292 g/mol. The third-order valence-corrected chi connectivity index (χ3v) is 3.92. The quantitative estimate of drug-likeness (QED) is 0.861. The number of aryl methyl sites for hydroxylation is 1. The van der Waals surface area contributed by atoms with Crippen molar-refractivity contribution in [3.63, 3.8) is 0 Å². The summed E-state index contributed by atoms with van der Waals surface area (Å²) in [5.41, 5.74) is 2.59. The lowest BCUT2D eigenvalue weighted by Gasteiger charge is -2.03. The summed E-state index contributed by atoms with van der Waals surface area (Å²) in [5.74, 6) is -0.344. The van der Waals surface area contributed by atoms with Gasteiger partial charge in [0.15, 0.2) is 5.78 Å². The SMILES string of the molecule is CCOC(=O)c1[nH]c2ccc(Cl)c3c2c1CCCC3=O. The Labute approximate surface area is 121 Å². The molecule has 0 atom stereocenters. The highest BCUT2D eigenvalue weighted by Crippen LogP contribution is 2.35. The Morgan fingerprint density at radius 3 is 2.95 bits per heavy atom. The summed E-state index contributed by atoms with van der Waals surface area (Å²) in [6, 6.07) is 3.49. The number of H-pyrrole nitrogens is 1. The Bertz CT molecular complexity index is 717. The van der Waals surface area contributed by atoms with Gasteiger partial charge in [0.05, 0.1) is 11.6 Å². The van der Waals surface area contributed by atoms with Crippen LogP contribution in [0.2, 0.25) is 5.02 Å². The molecule has 0 radical (unpaired) electrons. The predicted octanol–water partition coefficient (Wildman–Crippen LogP) is 3.52. The smallest absolute Gasteiger partial charge is 0.355 e. The Hall–Kier alpha value is -1.81. The summed E-state index contributed by atoms with van der Waals surface area (Å²) in [5, 5.41) is 1.23. The van der Waals surface area contributed by atoms with Crippen molar-refractivity contribution in [1.82, 2.24) is 4.98 Å². The van der Waals surface area contributed by atoms with E-state index in [4.69, 9.17) is 16.3 Å². The summed E-state index contributed by atoms with van der Waals surface area (Å²) >= 11 is 6.18. The van der Waals surface area contributed by atoms with Crippen LogP contribution < -0.4 is 0 Å². The lowest BCUT2D eigenvalue weighted by Crippen LogP contribution is -2.07. The lowest BCUT2D eigenvalue weighted by molar-refractivity contribution is 0.0519. The molecule has 0 aliphatic heterocycles. The number of rotatable bonds is 2. The number of hydrogen-bond donors (Lipinski definition) is 1. The Morgan fingerprint density at radius 1 is 1.40 bits per heavy atom. The highest BCUT2D eigenvalue weighted by Gasteiger charge is 2.26. The van der Waals surface area contributed by atoms with Gasteiger partial charge in [-0.25, -0.2) is 4.79 Å². The standard InChI is InChI=1S/C15H14ClNO3/c1-2-20-15(19)14-8-4-3-5-11(18)13-9(16)6-7-10(17-14)12(8)13/h6-7,17H,2-5H2,1H3. The van der Waals surface area contributed by atoms with Gasteiger partial charge in [-0.15, -0.1) is 0 Å². The molecule has 0 fully saturated rings. The molecule has 0 unspecified atom stereocenters. The first-order chi connectivity index (χ1) is 9.63. The van der Waals surface area contributed by atoms with E-state index in [1.807, 2.05) is 0 Å². The van der Waals surface area contributed by atoms with Gasteiger partial charge in [0.1, 0.15) is 5.69 Å². The van der Waals surface area contributed by atoms with Gasteiger partial charge in [0.2, 0.25) is 0 Å². The fourth-order valence-corrected chi connectivity index (χ4v) is 3.04. The van der Waals surface area contributed by atoms with E-state index in [9.17, 15) is 9.59 Å². The van der Waals surface area contributed by atoms with Gasteiger partial charge in [-0.2, -0.15) is 0 Å². The van der Waals surface area contributed by atoms with Crippen molar-refractivity contribution < 1.29 is 14.3 Å². The minimum atomic E-state index is -0.380. The molecule has 1 aromatic heterocycles. The second-order valence-electron chi connectivity index (χ2n) is 4.82. The number of carbonyl (C=O) groups is 2. The molecule has 3 rings (SSSR count). The maximum absolute atomic E-state index is 12.2. The molecule has 104 valence electrons. The largest absolute Gasteiger partial charge is 0.461 e. The van der Waals surface area contributed by atoms with Crippen LogP contribution in [0.4, 0.5) is 0 Å². The molecule has 2 aromatic rings. The van der Waals surface area contributed by atoms with Gasteiger partial charge in [0.25, 0.3) is 0 Å². The van der Waals surface area contributed by atoms with Crippen LogP contribution in [0.25, 0.3) is 10.9 Å². The van der Waals surface area contributed by atoms with Gasteiger partial charge < -0.3 is 9.72 Å². The molecule has 0 saturated carbocycles. The van der Waals surface area contributed by atoms with Crippen LogP contribution in [-0.2, 0) is 11.2 Å².